The third kappa shape index (κ3) is 8.91. The second-order valence-electron chi connectivity index (χ2n) is 12.8. The van der Waals surface area contributed by atoms with Gasteiger partial charge in [-0.3, -0.25) is 9.69 Å². The molecular weight excluding hydrogens is 791 g/mol. The summed E-state index contributed by atoms with van der Waals surface area (Å²) in [6.45, 7) is 6.98. The van der Waals surface area contributed by atoms with Crippen LogP contribution >= 0.6 is 62.3 Å². The molecule has 268 valence electrons. The predicted octanol–water partition coefficient (Wildman–Crippen LogP) is 9.39. The molecule has 2 atom stereocenters. The topological polar surface area (TPSA) is 71.1 Å². The summed E-state index contributed by atoms with van der Waals surface area (Å²) in [5.74, 6) is -0.0878. The van der Waals surface area contributed by atoms with Gasteiger partial charge in [-0.1, -0.05) is 88.9 Å². The van der Waals surface area contributed by atoms with Crippen LogP contribution in [-0.4, -0.2) is 69.5 Å². The highest BCUT2D eigenvalue weighted by Gasteiger charge is 2.50. The number of aryl methyl sites for hydroxylation is 1. The van der Waals surface area contributed by atoms with Crippen molar-refractivity contribution < 1.29 is 23.5 Å². The summed E-state index contributed by atoms with van der Waals surface area (Å²) in [5, 5.41) is 3.97. The highest BCUT2D eigenvalue weighted by molar-refractivity contribution is 9.10. The molecule has 2 bridgehead atoms. The average molecular weight is 830 g/mol. The Bertz CT molecular complexity index is 1730. The van der Waals surface area contributed by atoms with E-state index in [2.05, 4.69) is 21.2 Å². The van der Waals surface area contributed by atoms with Gasteiger partial charge in [0.2, 0.25) is 3.79 Å². The molecule has 2 aliphatic heterocycles. The van der Waals surface area contributed by atoms with Crippen LogP contribution in [0.5, 0.6) is 5.75 Å². The number of carbonyl (C=O) groups excluding carboxylic acids is 2. The van der Waals surface area contributed by atoms with E-state index < -0.39 is 21.5 Å². The summed E-state index contributed by atoms with van der Waals surface area (Å²) in [4.78, 5) is 31.9. The Morgan fingerprint density at radius 3 is 2.46 bits per heavy atom. The first kappa shape index (κ1) is 38.7. The number of hydrogen-bond donors (Lipinski definition) is 1. The largest absolute Gasteiger partial charge is 0.492 e. The number of hydrogen-bond acceptors (Lipinski definition) is 5. The summed E-state index contributed by atoms with van der Waals surface area (Å²) in [6.07, 6.45) is 1.22. The summed E-state index contributed by atoms with van der Waals surface area (Å²) >= 11 is 28.4. The lowest BCUT2D eigenvalue weighted by molar-refractivity contribution is -0.128. The van der Waals surface area contributed by atoms with Crippen LogP contribution in [0.3, 0.4) is 0 Å². The van der Waals surface area contributed by atoms with E-state index in [1.807, 2.05) is 49.4 Å². The maximum atomic E-state index is 14.7. The van der Waals surface area contributed by atoms with E-state index in [9.17, 15) is 14.0 Å². The van der Waals surface area contributed by atoms with Crippen molar-refractivity contribution in [3.05, 3.63) is 104 Å². The van der Waals surface area contributed by atoms with E-state index in [1.54, 1.807) is 35.8 Å². The van der Waals surface area contributed by atoms with Gasteiger partial charge in [0, 0.05) is 42.8 Å². The predicted molar refractivity (Wildman–Crippen MR) is 202 cm³/mol. The number of amides is 2. The summed E-state index contributed by atoms with van der Waals surface area (Å²) in [7, 11) is 0. The van der Waals surface area contributed by atoms with Gasteiger partial charge in [-0.15, -0.1) is 0 Å². The molecule has 2 heterocycles. The van der Waals surface area contributed by atoms with Crippen LogP contribution in [0, 0.1) is 5.82 Å². The summed E-state index contributed by atoms with van der Waals surface area (Å²) < 4.78 is 24.1. The second-order valence-corrected chi connectivity index (χ2v) is 16.4. The van der Waals surface area contributed by atoms with Crippen LogP contribution in [-0.2, 0) is 22.5 Å². The zero-order valence-corrected chi connectivity index (χ0v) is 32.6. The fraction of sp³-hybridized carbons (Fsp3) is 0.405. The molecule has 2 amide bonds. The monoisotopic (exact) mass is 827 g/mol. The van der Waals surface area contributed by atoms with Crippen molar-refractivity contribution in [2.75, 3.05) is 26.2 Å². The van der Waals surface area contributed by atoms with Gasteiger partial charge in [0.05, 0.1) is 23.2 Å². The minimum absolute atomic E-state index is 0.197. The van der Waals surface area contributed by atoms with Crippen LogP contribution in [0.2, 0.25) is 5.02 Å². The molecule has 0 aliphatic carbocycles. The molecule has 5 rings (SSSR count). The van der Waals surface area contributed by atoms with E-state index in [4.69, 9.17) is 55.9 Å². The number of piperazine rings is 1. The fourth-order valence-corrected chi connectivity index (χ4v) is 6.87. The fourth-order valence-electron chi connectivity index (χ4n) is 6.19. The van der Waals surface area contributed by atoms with Crippen LogP contribution in [0.25, 0.3) is 5.57 Å². The molecular formula is C37H39BrCl4FN3O4. The molecule has 0 aromatic heterocycles. The number of nitrogens with one attached hydrogen (secondary N) is 1. The van der Waals surface area contributed by atoms with Gasteiger partial charge >= 0.3 is 6.09 Å². The Morgan fingerprint density at radius 2 is 1.78 bits per heavy atom. The normalized spacial score (nSPS) is 17.8. The number of ether oxygens (including phenoxy) is 2. The Kier molecular flexibility index (Phi) is 12.7. The second kappa shape index (κ2) is 16.4. The quantitative estimate of drug-likeness (QED) is 0.154. The van der Waals surface area contributed by atoms with Gasteiger partial charge < -0.3 is 19.7 Å². The molecule has 0 spiro atoms. The first-order valence-corrected chi connectivity index (χ1v) is 18.7. The lowest BCUT2D eigenvalue weighted by atomic mass is 9.81. The standard InChI is InChI=1S/C37H39BrCl4FN3O4/c1-4-45(22-25-9-5-6-10-30(25)39)34(47)33-28(19-27-20-44-21-31(33)46(27)35(48)50-36(2,3)37(40,41)42)24-13-11-23(12-14-24)8-7-17-49-32-18-26(43)15-16-29(32)38/h5-6,9-16,18,27,31,44H,4,7-8,17,19-22H2,1-3H3/t27?,31-/m1/s1. The molecule has 1 fully saturated rings. The van der Waals surface area contributed by atoms with Gasteiger partial charge in [0.15, 0.2) is 5.60 Å². The average Bonchev–Trinajstić information content (AvgIpc) is 3.06. The van der Waals surface area contributed by atoms with Gasteiger partial charge in [0.25, 0.3) is 5.91 Å². The number of carbonyl (C=O) groups is 2. The number of rotatable bonds is 11. The van der Waals surface area contributed by atoms with Crippen molar-refractivity contribution >= 4 is 79.9 Å². The minimum atomic E-state index is -1.87. The van der Waals surface area contributed by atoms with Crippen molar-refractivity contribution in [3.63, 3.8) is 0 Å². The molecule has 2 aliphatic rings. The van der Waals surface area contributed by atoms with Crippen LogP contribution in [0.15, 0.2) is 76.8 Å². The molecule has 7 nitrogen and oxygen atoms in total. The SMILES string of the molecule is CCN(Cc1ccccc1Cl)C(=O)C1=C(c2ccc(CCCOc3cc(F)ccc3Br)cc2)CC2CNC[C@H]1N2C(=O)OC(C)(C)C(Cl)(Cl)Cl. The zero-order valence-electron chi connectivity index (χ0n) is 28.0. The third-order valence-electron chi connectivity index (χ3n) is 9.06. The van der Waals surface area contributed by atoms with E-state index in [0.29, 0.717) is 60.0 Å². The summed E-state index contributed by atoms with van der Waals surface area (Å²) in [5.41, 5.74) is 2.76. The Morgan fingerprint density at radius 1 is 1.06 bits per heavy atom. The zero-order chi connectivity index (χ0) is 36.2. The van der Waals surface area contributed by atoms with E-state index in [-0.39, 0.29) is 17.8 Å². The van der Waals surface area contributed by atoms with Gasteiger partial charge in [-0.25, -0.2) is 9.18 Å². The molecule has 1 saturated heterocycles. The highest BCUT2D eigenvalue weighted by atomic mass is 79.9. The van der Waals surface area contributed by atoms with Crippen molar-refractivity contribution in [2.45, 2.75) is 68.1 Å². The van der Waals surface area contributed by atoms with Crippen molar-refractivity contribution in [2.24, 2.45) is 0 Å². The van der Waals surface area contributed by atoms with Crippen LogP contribution in [0.4, 0.5) is 9.18 Å². The van der Waals surface area contributed by atoms with Gasteiger partial charge in [-0.05, 0) is 96.4 Å². The molecule has 3 aromatic carbocycles. The van der Waals surface area contributed by atoms with E-state index in [0.717, 1.165) is 35.1 Å². The number of fused-ring (bicyclic) bond motifs is 2. The maximum absolute atomic E-state index is 14.7. The highest BCUT2D eigenvalue weighted by Crippen LogP contribution is 2.43. The molecule has 1 N–H and O–H groups in total. The minimum Gasteiger partial charge on any atom is -0.492 e. The molecule has 0 saturated carbocycles. The number of likely N-dealkylation sites (N-methyl/N-ethyl adjacent to an activating group) is 1. The Balaban J connectivity index is 1.44. The van der Waals surface area contributed by atoms with E-state index in [1.165, 1.54) is 12.1 Å². The Labute approximate surface area is 321 Å². The first-order chi connectivity index (χ1) is 23.7. The maximum Gasteiger partial charge on any atom is 0.411 e. The van der Waals surface area contributed by atoms with Gasteiger partial charge in [0.1, 0.15) is 11.6 Å². The number of alkyl halides is 3. The molecule has 0 radical (unpaired) electrons. The van der Waals surface area contributed by atoms with E-state index >= 15 is 0 Å². The third-order valence-corrected chi connectivity index (χ3v) is 11.5. The van der Waals surface area contributed by atoms with Crippen molar-refractivity contribution in [3.8, 4) is 5.75 Å². The lowest BCUT2D eigenvalue weighted by Gasteiger charge is -2.48. The van der Waals surface area contributed by atoms with Crippen molar-refractivity contribution in [1.29, 1.82) is 0 Å². The lowest BCUT2D eigenvalue weighted by Crippen LogP contribution is -2.64. The first-order valence-electron chi connectivity index (χ1n) is 16.4. The summed E-state index contributed by atoms with van der Waals surface area (Å²) in [6, 6.07) is 19.0. The molecule has 3 aromatic rings. The van der Waals surface area contributed by atoms with Gasteiger partial charge in [-0.2, -0.15) is 0 Å². The molecule has 50 heavy (non-hydrogen) atoms. The molecule has 13 heteroatoms. The molecule has 1 unspecified atom stereocenters. The Hall–Kier alpha value is -2.53. The number of benzene rings is 3. The van der Waals surface area contributed by atoms with Crippen LogP contribution in [0.1, 0.15) is 50.3 Å². The number of halogens is 6. The van der Waals surface area contributed by atoms with Crippen LogP contribution < -0.4 is 10.1 Å². The smallest absolute Gasteiger partial charge is 0.411 e. The number of nitrogens with zero attached hydrogens (tertiary/aromatic N) is 2. The van der Waals surface area contributed by atoms with Crippen molar-refractivity contribution in [1.82, 2.24) is 15.1 Å².